The molecule has 0 spiro atoms. The van der Waals surface area contributed by atoms with Crippen LogP contribution in [-0.4, -0.2) is 41.2 Å². The highest BCUT2D eigenvalue weighted by Gasteiger charge is 2.17. The second-order valence-electron chi connectivity index (χ2n) is 8.42. The Morgan fingerprint density at radius 1 is 1.10 bits per heavy atom. The fourth-order valence-corrected chi connectivity index (χ4v) is 4.48. The molecule has 0 atom stereocenters. The average Bonchev–Trinajstić information content (AvgIpc) is 3.18. The highest BCUT2D eigenvalue weighted by atomic mass is 16.5. The van der Waals surface area contributed by atoms with Gasteiger partial charge in [-0.3, -0.25) is 0 Å². The zero-order valence-corrected chi connectivity index (χ0v) is 18.2. The van der Waals surface area contributed by atoms with E-state index in [4.69, 9.17) is 4.74 Å². The van der Waals surface area contributed by atoms with E-state index in [2.05, 4.69) is 82.8 Å². The number of H-pyrrole nitrogens is 1. The Hall–Kier alpha value is -3.31. The Kier molecular flexibility index (Phi) is 5.12. The molecule has 2 aliphatic heterocycles. The van der Waals surface area contributed by atoms with Crippen molar-refractivity contribution in [2.24, 2.45) is 0 Å². The van der Waals surface area contributed by atoms with Gasteiger partial charge in [0.15, 0.2) is 0 Å². The third-order valence-electron chi connectivity index (χ3n) is 5.96. The Labute approximate surface area is 183 Å². The molecule has 1 N–H and O–H groups in total. The lowest BCUT2D eigenvalue weighted by atomic mass is 10.0. The highest BCUT2D eigenvalue weighted by molar-refractivity contribution is 5.95. The Bertz CT molecular complexity index is 1180. The molecule has 0 aliphatic carbocycles. The summed E-state index contributed by atoms with van der Waals surface area (Å²) in [5, 5.41) is 1.13. The van der Waals surface area contributed by atoms with Crippen LogP contribution in [0.3, 0.4) is 0 Å². The number of rotatable bonds is 4. The van der Waals surface area contributed by atoms with Crippen LogP contribution in [0.2, 0.25) is 0 Å². The third-order valence-corrected chi connectivity index (χ3v) is 5.96. The van der Waals surface area contributed by atoms with Crippen molar-refractivity contribution < 1.29 is 4.74 Å². The van der Waals surface area contributed by atoms with Gasteiger partial charge in [-0.05, 0) is 43.2 Å². The Morgan fingerprint density at radius 2 is 1.87 bits per heavy atom. The van der Waals surface area contributed by atoms with Crippen LogP contribution in [-0.2, 0) is 11.3 Å². The third kappa shape index (κ3) is 4.01. The predicted molar refractivity (Wildman–Crippen MR) is 127 cm³/mol. The summed E-state index contributed by atoms with van der Waals surface area (Å²) in [5.41, 5.74) is 9.22. The number of benzene rings is 1. The number of aryl methyl sites for hydroxylation is 2. The van der Waals surface area contributed by atoms with Gasteiger partial charge >= 0.3 is 0 Å². The minimum atomic E-state index is 0.766. The van der Waals surface area contributed by atoms with Gasteiger partial charge in [0, 0.05) is 48.7 Å². The first-order chi connectivity index (χ1) is 15.1. The fourth-order valence-electron chi connectivity index (χ4n) is 4.48. The maximum Gasteiger partial charge on any atom is 0.138 e. The molecule has 1 aromatic carbocycles. The van der Waals surface area contributed by atoms with Gasteiger partial charge in [0.05, 0.1) is 25.1 Å². The van der Waals surface area contributed by atoms with E-state index in [1.54, 1.807) is 0 Å². The summed E-state index contributed by atoms with van der Waals surface area (Å²) >= 11 is 0. The monoisotopic (exact) mass is 412 g/mol. The van der Waals surface area contributed by atoms with E-state index >= 15 is 0 Å². The molecule has 31 heavy (non-hydrogen) atoms. The van der Waals surface area contributed by atoms with E-state index in [0.29, 0.717) is 0 Å². The van der Waals surface area contributed by atoms with Gasteiger partial charge in [0.25, 0.3) is 0 Å². The molecule has 2 aliphatic rings. The maximum atomic E-state index is 5.49. The van der Waals surface area contributed by atoms with Crippen LogP contribution in [0, 0.1) is 13.8 Å². The van der Waals surface area contributed by atoms with Crippen molar-refractivity contribution in [3.63, 3.8) is 0 Å². The van der Waals surface area contributed by atoms with Crippen LogP contribution in [0.15, 0.2) is 67.3 Å². The number of hydrogen-bond acceptors (Lipinski definition) is 4. The van der Waals surface area contributed by atoms with Gasteiger partial charge in [-0.15, -0.1) is 0 Å². The topological polar surface area (TPSA) is 44.4 Å². The molecular weight excluding hydrogens is 384 g/mol. The van der Waals surface area contributed by atoms with E-state index in [-0.39, 0.29) is 0 Å². The van der Waals surface area contributed by atoms with Gasteiger partial charge in [0.2, 0.25) is 0 Å². The zero-order valence-electron chi connectivity index (χ0n) is 18.2. The summed E-state index contributed by atoms with van der Waals surface area (Å²) in [6.45, 7) is 12.8. The number of aromatic amines is 1. The summed E-state index contributed by atoms with van der Waals surface area (Å²) in [6, 6.07) is 8.93. The van der Waals surface area contributed by atoms with Crippen LogP contribution in [0.5, 0.6) is 0 Å². The number of nitrogens with one attached hydrogen (secondary N) is 1. The number of pyridine rings is 1. The van der Waals surface area contributed by atoms with Crippen molar-refractivity contribution >= 4 is 22.3 Å². The minimum absolute atomic E-state index is 0.766. The Balaban J connectivity index is 1.40. The van der Waals surface area contributed by atoms with Crippen molar-refractivity contribution in [1.82, 2.24) is 14.9 Å². The van der Waals surface area contributed by atoms with Crippen molar-refractivity contribution in [2.45, 2.75) is 20.4 Å². The molecule has 0 bridgehead atoms. The predicted octanol–water partition coefficient (Wildman–Crippen LogP) is 4.94. The van der Waals surface area contributed by atoms with E-state index in [0.717, 1.165) is 66.4 Å². The zero-order chi connectivity index (χ0) is 21.4. The number of nitrogens with zero attached hydrogens (tertiary/aromatic N) is 3. The van der Waals surface area contributed by atoms with E-state index in [1.165, 1.54) is 16.7 Å². The van der Waals surface area contributed by atoms with Crippen LogP contribution in [0.1, 0.15) is 22.3 Å². The summed E-state index contributed by atoms with van der Waals surface area (Å²) < 4.78 is 5.49. The van der Waals surface area contributed by atoms with Crippen LogP contribution >= 0.6 is 0 Å². The molecule has 5 nitrogen and oxygen atoms in total. The van der Waals surface area contributed by atoms with E-state index < -0.39 is 0 Å². The maximum absolute atomic E-state index is 5.49. The largest absolute Gasteiger partial charge is 0.378 e. The van der Waals surface area contributed by atoms with Crippen LogP contribution < -0.4 is 4.90 Å². The molecule has 3 aromatic rings. The number of aromatic nitrogens is 2. The lowest BCUT2D eigenvalue weighted by molar-refractivity contribution is 0.122. The van der Waals surface area contributed by atoms with Gasteiger partial charge in [-0.25, -0.2) is 4.98 Å². The number of allylic oxidation sites excluding steroid dienone is 3. The second-order valence-corrected chi connectivity index (χ2v) is 8.42. The average molecular weight is 413 g/mol. The van der Waals surface area contributed by atoms with Gasteiger partial charge in [-0.2, -0.15) is 0 Å². The molecule has 0 unspecified atom stereocenters. The van der Waals surface area contributed by atoms with Gasteiger partial charge < -0.3 is 19.5 Å². The summed E-state index contributed by atoms with van der Waals surface area (Å²) in [5.74, 6) is 0. The fraction of sp³-hybridized carbons (Fsp3) is 0.269. The van der Waals surface area contributed by atoms with Gasteiger partial charge in [0.1, 0.15) is 5.65 Å². The number of morpholine rings is 1. The molecule has 5 heteroatoms. The number of fused-ring (bicyclic) bond motifs is 1. The first-order valence-corrected chi connectivity index (χ1v) is 10.8. The molecule has 1 fully saturated rings. The smallest absolute Gasteiger partial charge is 0.138 e. The number of hydrogen-bond donors (Lipinski definition) is 1. The van der Waals surface area contributed by atoms with Crippen LogP contribution in [0.4, 0.5) is 5.69 Å². The summed E-state index contributed by atoms with van der Waals surface area (Å²) in [6.07, 6.45) is 10.5. The minimum Gasteiger partial charge on any atom is -0.378 e. The number of anilines is 1. The molecule has 2 aromatic heterocycles. The van der Waals surface area contributed by atoms with Crippen LogP contribution in [0.25, 0.3) is 16.6 Å². The van der Waals surface area contributed by atoms with Crippen molar-refractivity contribution in [2.75, 3.05) is 31.2 Å². The molecule has 158 valence electrons. The van der Waals surface area contributed by atoms with E-state index in [1.807, 2.05) is 12.4 Å². The normalized spacial score (nSPS) is 16.8. The first kappa shape index (κ1) is 19.6. The first-order valence-electron chi connectivity index (χ1n) is 10.8. The molecule has 5 rings (SSSR count). The second kappa shape index (κ2) is 8.08. The van der Waals surface area contributed by atoms with Gasteiger partial charge in [-0.1, -0.05) is 35.9 Å². The quantitative estimate of drug-likeness (QED) is 0.659. The molecule has 0 saturated carbocycles. The molecular formula is C26H28N4O. The van der Waals surface area contributed by atoms with Crippen molar-refractivity contribution in [3.05, 3.63) is 89.5 Å². The lowest BCUT2D eigenvalue weighted by Gasteiger charge is -2.28. The highest BCUT2D eigenvalue weighted by Crippen LogP contribution is 2.32. The Morgan fingerprint density at radius 3 is 2.61 bits per heavy atom. The molecule has 4 heterocycles. The lowest BCUT2D eigenvalue weighted by Crippen LogP contribution is -2.36. The number of ether oxygens (including phenoxy) is 1. The SMILES string of the molecule is C=C1C=C(c2c[nH]c3ncc(N4CCOCC4)cc23)C=CN1Cc1cc(C)cc(C)c1. The summed E-state index contributed by atoms with van der Waals surface area (Å²) in [4.78, 5) is 12.5. The molecule has 1 saturated heterocycles. The summed E-state index contributed by atoms with van der Waals surface area (Å²) in [7, 11) is 0. The van der Waals surface area contributed by atoms with Crippen molar-refractivity contribution in [3.8, 4) is 0 Å². The molecule has 0 radical (unpaired) electrons. The molecule has 0 amide bonds. The standard InChI is InChI=1S/C26H28N4O/c1-18-10-19(2)12-21(11-18)17-30-5-4-22(13-20(30)3)25-16-28-26-24(25)14-23(15-27-26)29-6-8-31-9-7-29/h4-5,10-16H,3,6-9,17H2,1-2H3,(H,27,28). The van der Waals surface area contributed by atoms with Crippen molar-refractivity contribution in [1.29, 1.82) is 0 Å². The van der Waals surface area contributed by atoms with E-state index in [9.17, 15) is 0 Å².